The monoisotopic (exact) mass is 870 g/mol. The van der Waals surface area contributed by atoms with E-state index in [1.165, 1.54) is 51.4 Å². The number of hydrogen-bond acceptors (Lipinski definition) is 13. The Morgan fingerprint density at radius 1 is 0.607 bits per heavy atom. The Morgan fingerprint density at radius 3 is 1.74 bits per heavy atom. The minimum atomic E-state index is -1.79. The molecular weight excluding hydrogens is 787 g/mol. The van der Waals surface area contributed by atoms with Crippen LogP contribution >= 0.6 is 0 Å². The van der Waals surface area contributed by atoms with E-state index in [0.29, 0.717) is 6.42 Å². The fourth-order valence-electron chi connectivity index (χ4n) is 7.42. The Hall–Kier alpha value is -2.05. The second-order valence-electron chi connectivity index (χ2n) is 16.5. The maximum atomic E-state index is 13.1. The van der Waals surface area contributed by atoms with Gasteiger partial charge in [-0.15, -0.1) is 0 Å². The lowest BCUT2D eigenvalue weighted by Gasteiger charge is -2.46. The first-order valence-electron chi connectivity index (χ1n) is 23.4. The molecule has 14 nitrogen and oxygen atoms in total. The van der Waals surface area contributed by atoms with Crippen LogP contribution in [0.2, 0.25) is 0 Å². The van der Waals surface area contributed by atoms with Crippen LogP contribution in [-0.2, 0) is 23.7 Å². The van der Waals surface area contributed by atoms with Gasteiger partial charge in [-0.1, -0.05) is 140 Å². The maximum Gasteiger partial charge on any atom is 0.220 e. The molecule has 0 aromatic heterocycles. The molecule has 2 rings (SSSR count). The van der Waals surface area contributed by atoms with Gasteiger partial charge >= 0.3 is 0 Å². The Bertz CT molecular complexity index is 1210. The molecule has 2 aliphatic heterocycles. The van der Waals surface area contributed by atoms with Gasteiger partial charge in [-0.3, -0.25) is 4.79 Å². The number of hydrogen-bond donors (Lipinski definition) is 9. The first kappa shape index (κ1) is 55.1. The lowest BCUT2D eigenvalue weighted by Crippen LogP contribution is -2.65. The van der Waals surface area contributed by atoms with Crippen molar-refractivity contribution in [3.8, 4) is 0 Å². The number of carbonyl (C=O) groups is 1. The zero-order chi connectivity index (χ0) is 44.7. The van der Waals surface area contributed by atoms with Crippen LogP contribution in [-0.4, -0.2) is 140 Å². The van der Waals surface area contributed by atoms with Gasteiger partial charge in [-0.2, -0.15) is 0 Å². The minimum absolute atomic E-state index is 0.260. The molecule has 14 heteroatoms. The highest BCUT2D eigenvalue weighted by atomic mass is 16.7. The van der Waals surface area contributed by atoms with E-state index in [9.17, 15) is 45.6 Å². The van der Waals surface area contributed by atoms with Crippen molar-refractivity contribution in [1.82, 2.24) is 5.32 Å². The maximum absolute atomic E-state index is 13.1. The van der Waals surface area contributed by atoms with E-state index < -0.39 is 86.8 Å². The molecule has 0 saturated carbocycles. The van der Waals surface area contributed by atoms with Crippen molar-refractivity contribution in [2.45, 2.75) is 222 Å². The summed E-state index contributed by atoms with van der Waals surface area (Å²) in [6.07, 6.45) is 21.5. The molecule has 0 bridgehead atoms. The molecule has 0 aliphatic carbocycles. The van der Waals surface area contributed by atoms with Gasteiger partial charge in [0.15, 0.2) is 12.6 Å². The van der Waals surface area contributed by atoms with E-state index >= 15 is 0 Å². The topological polar surface area (TPSA) is 228 Å². The zero-order valence-corrected chi connectivity index (χ0v) is 37.1. The Labute approximate surface area is 365 Å². The van der Waals surface area contributed by atoms with Crippen LogP contribution in [0.25, 0.3) is 0 Å². The number of allylic oxidation sites excluding steroid dienone is 7. The van der Waals surface area contributed by atoms with Gasteiger partial charge in [0, 0.05) is 6.42 Å². The summed E-state index contributed by atoms with van der Waals surface area (Å²) in [5.41, 5.74) is 0. The zero-order valence-electron chi connectivity index (χ0n) is 37.1. The van der Waals surface area contributed by atoms with Crippen LogP contribution in [0, 0.1) is 0 Å². The average Bonchev–Trinajstić information content (AvgIpc) is 3.26. The average molecular weight is 870 g/mol. The number of ether oxygens (including phenoxy) is 4. The van der Waals surface area contributed by atoms with Gasteiger partial charge < -0.3 is 65.1 Å². The third-order valence-corrected chi connectivity index (χ3v) is 11.3. The van der Waals surface area contributed by atoms with Gasteiger partial charge in [0.05, 0.1) is 32.0 Å². The van der Waals surface area contributed by atoms with E-state index in [2.05, 4.69) is 55.6 Å². The van der Waals surface area contributed by atoms with E-state index in [0.717, 1.165) is 70.6 Å². The molecule has 0 spiro atoms. The highest BCUT2D eigenvalue weighted by Gasteiger charge is 2.50. The molecule has 2 heterocycles. The predicted octanol–water partition coefficient (Wildman–Crippen LogP) is 4.93. The second-order valence-corrected chi connectivity index (χ2v) is 16.5. The number of amides is 1. The highest BCUT2D eigenvalue weighted by molar-refractivity contribution is 5.76. The molecule has 9 N–H and O–H groups in total. The highest BCUT2D eigenvalue weighted by Crippen LogP contribution is 2.30. The van der Waals surface area contributed by atoms with E-state index in [-0.39, 0.29) is 18.9 Å². The first-order valence-corrected chi connectivity index (χ1v) is 23.4. The summed E-state index contributed by atoms with van der Waals surface area (Å²) in [5, 5.41) is 86.5. The number of rotatable bonds is 34. The van der Waals surface area contributed by atoms with E-state index in [1.54, 1.807) is 6.08 Å². The molecule has 2 saturated heterocycles. The quantitative estimate of drug-likeness (QED) is 0.0309. The Morgan fingerprint density at radius 2 is 1.13 bits per heavy atom. The first-order chi connectivity index (χ1) is 29.6. The number of aliphatic hydroxyl groups is 8. The summed E-state index contributed by atoms with van der Waals surface area (Å²) >= 11 is 0. The third kappa shape index (κ3) is 22.4. The van der Waals surface area contributed by atoms with Crippen LogP contribution in [0.4, 0.5) is 0 Å². The SMILES string of the molecule is CC/C=C\C/C=C\C/C=C\CCCCCCCC(=O)NC(COC1OC(CO)C(OC2OC(CO)C(O)C(O)C2O)C(O)C1O)C(O)/C=C/CCCCCCCCCCCC. The molecule has 0 aromatic carbocycles. The number of carbonyl (C=O) groups excluding carboxylic acids is 1. The molecule has 12 unspecified atom stereocenters. The fourth-order valence-corrected chi connectivity index (χ4v) is 7.42. The van der Waals surface area contributed by atoms with Gasteiger partial charge in [0.25, 0.3) is 0 Å². The van der Waals surface area contributed by atoms with Gasteiger partial charge in [-0.05, 0) is 51.4 Å². The van der Waals surface area contributed by atoms with Crippen LogP contribution in [0.5, 0.6) is 0 Å². The van der Waals surface area contributed by atoms with Crippen molar-refractivity contribution in [2.75, 3.05) is 19.8 Å². The van der Waals surface area contributed by atoms with Gasteiger partial charge in [-0.25, -0.2) is 0 Å². The fraction of sp³-hybridized carbons (Fsp3) is 0.809. The molecule has 2 aliphatic rings. The molecule has 2 fully saturated rings. The van der Waals surface area contributed by atoms with Crippen molar-refractivity contribution in [3.63, 3.8) is 0 Å². The molecule has 354 valence electrons. The lowest BCUT2D eigenvalue weighted by atomic mass is 9.97. The van der Waals surface area contributed by atoms with Crippen molar-refractivity contribution in [1.29, 1.82) is 0 Å². The van der Waals surface area contributed by atoms with E-state index in [1.807, 2.05) is 6.08 Å². The number of unbranched alkanes of at least 4 members (excludes halogenated alkanes) is 15. The smallest absolute Gasteiger partial charge is 0.220 e. The minimum Gasteiger partial charge on any atom is -0.394 e. The van der Waals surface area contributed by atoms with Crippen molar-refractivity contribution < 1.29 is 64.6 Å². The summed E-state index contributed by atoms with van der Waals surface area (Å²) in [7, 11) is 0. The van der Waals surface area contributed by atoms with Crippen molar-refractivity contribution in [3.05, 3.63) is 48.6 Å². The largest absolute Gasteiger partial charge is 0.394 e. The van der Waals surface area contributed by atoms with Crippen LogP contribution < -0.4 is 5.32 Å². The second kappa shape index (κ2) is 34.4. The third-order valence-electron chi connectivity index (χ3n) is 11.3. The summed E-state index contributed by atoms with van der Waals surface area (Å²) in [6.45, 7) is 2.62. The summed E-state index contributed by atoms with van der Waals surface area (Å²) in [4.78, 5) is 13.1. The number of nitrogens with one attached hydrogen (secondary N) is 1. The van der Waals surface area contributed by atoms with E-state index in [4.69, 9.17) is 18.9 Å². The van der Waals surface area contributed by atoms with Crippen LogP contribution in [0.15, 0.2) is 48.6 Å². The molecule has 61 heavy (non-hydrogen) atoms. The number of aliphatic hydroxyl groups excluding tert-OH is 8. The van der Waals surface area contributed by atoms with Crippen LogP contribution in [0.1, 0.15) is 149 Å². The molecular formula is C47H83NO13. The normalized spacial score (nSPS) is 28.4. The van der Waals surface area contributed by atoms with Crippen molar-refractivity contribution >= 4 is 5.91 Å². The molecule has 0 radical (unpaired) electrons. The molecule has 0 aromatic rings. The molecule has 1 amide bonds. The van der Waals surface area contributed by atoms with Gasteiger partial charge in [0.1, 0.15) is 48.8 Å². The van der Waals surface area contributed by atoms with Crippen molar-refractivity contribution in [2.24, 2.45) is 0 Å². The Balaban J connectivity index is 1.90. The van der Waals surface area contributed by atoms with Gasteiger partial charge in [0.2, 0.25) is 5.91 Å². The summed E-state index contributed by atoms with van der Waals surface area (Å²) < 4.78 is 22.6. The Kier molecular flexibility index (Phi) is 31.0. The summed E-state index contributed by atoms with van der Waals surface area (Å²) in [6, 6.07) is -0.922. The molecule has 12 atom stereocenters. The lowest BCUT2D eigenvalue weighted by molar-refractivity contribution is -0.359. The predicted molar refractivity (Wildman–Crippen MR) is 235 cm³/mol. The summed E-state index contributed by atoms with van der Waals surface area (Å²) in [5.74, 6) is -0.261. The van der Waals surface area contributed by atoms with Crippen LogP contribution in [0.3, 0.4) is 0 Å². The standard InChI is InChI=1S/C47H83NO13/c1-3-5-7-9-11-13-15-17-18-19-21-23-25-27-29-31-39(52)48-35(36(51)30-28-26-24-22-20-16-14-12-10-8-6-4-2)34-58-46-44(57)42(55)45(38(33-50)60-46)61-47-43(56)41(54)40(53)37(32-49)59-47/h5,7,11,13,17-18,28,30,35-38,40-47,49-51,53-57H,3-4,6,8-10,12,14-16,19-27,29,31-34H2,1-2H3,(H,48,52)/b7-5-,13-11-,18-17-,30-28+.